The van der Waals surface area contributed by atoms with Gasteiger partial charge in [0.25, 0.3) is 5.91 Å². The van der Waals surface area contributed by atoms with Crippen molar-refractivity contribution in [2.24, 2.45) is 5.92 Å². The average molecular weight is 330 g/mol. The van der Waals surface area contributed by atoms with Crippen molar-refractivity contribution in [2.75, 3.05) is 19.6 Å². The topological polar surface area (TPSA) is 91.2 Å². The molecule has 7 heteroatoms. The maximum Gasteiger partial charge on any atom is 0.269 e. The van der Waals surface area contributed by atoms with Gasteiger partial charge in [-0.25, -0.2) is 0 Å². The number of Topliss-reactive ketones (excluding diaryl/α,β-unsaturated/α-hetero) is 1. The molecule has 1 atom stereocenters. The first-order chi connectivity index (χ1) is 11.6. The number of H-pyrrole nitrogens is 1. The van der Waals surface area contributed by atoms with E-state index in [1.165, 1.54) is 13.0 Å². The Bertz CT molecular complexity index is 693. The monoisotopic (exact) mass is 330 g/mol. The summed E-state index contributed by atoms with van der Waals surface area (Å²) in [5.41, 5.74) is 0.603. The van der Waals surface area contributed by atoms with Crippen LogP contribution in [-0.4, -0.2) is 46.4 Å². The summed E-state index contributed by atoms with van der Waals surface area (Å²) in [6.45, 7) is 4.83. The second kappa shape index (κ2) is 7.44. The van der Waals surface area contributed by atoms with Crippen molar-refractivity contribution in [3.63, 3.8) is 0 Å². The molecule has 0 radical (unpaired) electrons. The quantitative estimate of drug-likeness (QED) is 0.789. The van der Waals surface area contributed by atoms with Crippen molar-refractivity contribution in [1.29, 1.82) is 0 Å². The van der Waals surface area contributed by atoms with E-state index in [1.807, 2.05) is 12.1 Å². The van der Waals surface area contributed by atoms with E-state index in [1.54, 1.807) is 6.26 Å². The van der Waals surface area contributed by atoms with Crippen LogP contribution in [0, 0.1) is 5.92 Å². The first-order valence-corrected chi connectivity index (χ1v) is 8.21. The molecule has 0 aromatic carbocycles. The van der Waals surface area contributed by atoms with Gasteiger partial charge in [0.05, 0.1) is 12.8 Å². The van der Waals surface area contributed by atoms with Crippen molar-refractivity contribution < 1.29 is 14.0 Å². The van der Waals surface area contributed by atoms with Crippen molar-refractivity contribution in [3.8, 4) is 0 Å². The fraction of sp³-hybridized carbons (Fsp3) is 0.471. The molecule has 7 nitrogen and oxygen atoms in total. The summed E-state index contributed by atoms with van der Waals surface area (Å²) in [5.74, 6) is 0.992. The molecule has 2 N–H and O–H groups in total. The highest BCUT2D eigenvalue weighted by Crippen LogP contribution is 2.18. The number of hydrogen-bond donors (Lipinski definition) is 2. The molecular formula is C17H22N4O3. The Morgan fingerprint density at radius 1 is 1.50 bits per heavy atom. The molecule has 0 spiro atoms. The largest absolute Gasteiger partial charge is 0.468 e. The minimum atomic E-state index is -0.224. The van der Waals surface area contributed by atoms with Crippen LogP contribution in [0.2, 0.25) is 0 Å². The number of carbonyl (C=O) groups is 2. The molecule has 1 unspecified atom stereocenters. The minimum absolute atomic E-state index is 0.161. The predicted octanol–water partition coefficient (Wildman–Crippen LogP) is 1.85. The summed E-state index contributed by atoms with van der Waals surface area (Å²) in [6.07, 6.45) is 3.90. The van der Waals surface area contributed by atoms with Crippen LogP contribution in [-0.2, 0) is 6.54 Å². The van der Waals surface area contributed by atoms with E-state index in [4.69, 9.17) is 4.42 Å². The van der Waals surface area contributed by atoms with E-state index >= 15 is 0 Å². The Kier molecular flexibility index (Phi) is 5.10. The van der Waals surface area contributed by atoms with Crippen LogP contribution in [0.5, 0.6) is 0 Å². The Morgan fingerprint density at radius 2 is 2.38 bits per heavy atom. The van der Waals surface area contributed by atoms with E-state index in [0.717, 1.165) is 38.2 Å². The number of ketones is 1. The highest BCUT2D eigenvalue weighted by atomic mass is 16.3. The van der Waals surface area contributed by atoms with Crippen molar-refractivity contribution in [3.05, 3.63) is 41.6 Å². The Morgan fingerprint density at radius 3 is 3.08 bits per heavy atom. The molecule has 0 aliphatic carbocycles. The molecule has 1 aliphatic heterocycles. The standard InChI is InChI=1S/C17H22N4O3/c1-12(22)15-8-16(20-19-15)17(23)18-9-13-4-2-6-21(10-13)11-14-5-3-7-24-14/h3,5,7-8,13H,2,4,6,9-11H2,1H3,(H,18,23)(H,19,20). The van der Waals surface area contributed by atoms with Gasteiger partial charge >= 0.3 is 0 Å². The van der Waals surface area contributed by atoms with Gasteiger partial charge in [-0.3, -0.25) is 19.6 Å². The van der Waals surface area contributed by atoms with Gasteiger partial charge in [0.2, 0.25) is 0 Å². The van der Waals surface area contributed by atoms with Crippen LogP contribution >= 0.6 is 0 Å². The van der Waals surface area contributed by atoms with E-state index in [-0.39, 0.29) is 17.4 Å². The second-order valence-electron chi connectivity index (χ2n) is 6.26. The number of hydrogen-bond acceptors (Lipinski definition) is 5. The number of aromatic amines is 1. The number of rotatable bonds is 6. The maximum absolute atomic E-state index is 12.1. The lowest BCUT2D eigenvalue weighted by Crippen LogP contribution is -2.40. The van der Waals surface area contributed by atoms with E-state index in [9.17, 15) is 9.59 Å². The predicted molar refractivity (Wildman–Crippen MR) is 87.6 cm³/mol. The van der Waals surface area contributed by atoms with E-state index in [2.05, 4.69) is 20.4 Å². The minimum Gasteiger partial charge on any atom is -0.468 e. The number of amides is 1. The number of piperidine rings is 1. The van der Waals surface area contributed by atoms with Gasteiger partial charge < -0.3 is 9.73 Å². The molecular weight excluding hydrogens is 308 g/mol. The van der Waals surface area contributed by atoms with Crippen molar-refractivity contribution >= 4 is 11.7 Å². The van der Waals surface area contributed by atoms with Crippen molar-refractivity contribution in [2.45, 2.75) is 26.3 Å². The third kappa shape index (κ3) is 4.11. The van der Waals surface area contributed by atoms with Gasteiger partial charge in [-0.15, -0.1) is 0 Å². The fourth-order valence-corrected chi connectivity index (χ4v) is 3.04. The molecule has 0 bridgehead atoms. The zero-order valence-corrected chi connectivity index (χ0v) is 13.7. The first kappa shape index (κ1) is 16.4. The molecule has 1 fully saturated rings. The molecule has 1 aliphatic rings. The summed E-state index contributed by atoms with van der Waals surface area (Å²) < 4.78 is 5.40. The summed E-state index contributed by atoms with van der Waals surface area (Å²) in [7, 11) is 0. The van der Waals surface area contributed by atoms with E-state index in [0.29, 0.717) is 18.2 Å². The Labute approximate surface area is 140 Å². The van der Waals surface area contributed by atoms with Gasteiger partial charge in [0, 0.05) is 20.0 Å². The highest BCUT2D eigenvalue weighted by Gasteiger charge is 2.21. The van der Waals surface area contributed by atoms with Gasteiger partial charge in [-0.05, 0) is 43.5 Å². The number of likely N-dealkylation sites (tertiary alicyclic amines) is 1. The van der Waals surface area contributed by atoms with Crippen LogP contribution in [0.3, 0.4) is 0 Å². The molecule has 1 amide bonds. The zero-order valence-electron chi connectivity index (χ0n) is 13.7. The molecule has 1 saturated heterocycles. The van der Waals surface area contributed by atoms with Crippen LogP contribution < -0.4 is 5.32 Å². The first-order valence-electron chi connectivity index (χ1n) is 8.21. The molecule has 2 aromatic heterocycles. The maximum atomic E-state index is 12.1. The SMILES string of the molecule is CC(=O)c1cc(C(=O)NCC2CCCN(Cc3ccco3)C2)[nH]n1. The van der Waals surface area contributed by atoms with Crippen LogP contribution in [0.25, 0.3) is 0 Å². The zero-order chi connectivity index (χ0) is 16.9. The van der Waals surface area contributed by atoms with E-state index < -0.39 is 0 Å². The summed E-state index contributed by atoms with van der Waals surface area (Å²) >= 11 is 0. The van der Waals surface area contributed by atoms with Crippen LogP contribution in [0.15, 0.2) is 28.9 Å². The fourth-order valence-electron chi connectivity index (χ4n) is 3.04. The highest BCUT2D eigenvalue weighted by molar-refractivity contribution is 5.97. The van der Waals surface area contributed by atoms with Gasteiger partial charge in [-0.2, -0.15) is 5.10 Å². The third-order valence-electron chi connectivity index (χ3n) is 4.30. The summed E-state index contributed by atoms with van der Waals surface area (Å²) in [4.78, 5) is 25.7. The number of nitrogens with one attached hydrogen (secondary N) is 2. The van der Waals surface area contributed by atoms with Crippen molar-refractivity contribution in [1.82, 2.24) is 20.4 Å². The van der Waals surface area contributed by atoms with Crippen LogP contribution in [0.4, 0.5) is 0 Å². The molecule has 3 rings (SSSR count). The lowest BCUT2D eigenvalue weighted by Gasteiger charge is -2.32. The normalized spacial score (nSPS) is 18.5. The number of nitrogens with zero attached hydrogens (tertiary/aromatic N) is 2. The van der Waals surface area contributed by atoms with Gasteiger partial charge in [-0.1, -0.05) is 0 Å². The smallest absolute Gasteiger partial charge is 0.269 e. The molecule has 24 heavy (non-hydrogen) atoms. The summed E-state index contributed by atoms with van der Waals surface area (Å²) in [5, 5.41) is 9.37. The lowest BCUT2D eigenvalue weighted by atomic mass is 9.98. The lowest BCUT2D eigenvalue weighted by molar-refractivity contribution is 0.0923. The number of aromatic nitrogens is 2. The summed E-state index contributed by atoms with van der Waals surface area (Å²) in [6, 6.07) is 5.37. The average Bonchev–Trinajstić information content (AvgIpc) is 3.24. The van der Waals surface area contributed by atoms with Gasteiger partial charge in [0.1, 0.15) is 17.1 Å². The van der Waals surface area contributed by atoms with Crippen LogP contribution in [0.1, 0.15) is 46.5 Å². The molecule has 0 saturated carbocycles. The molecule has 2 aromatic rings. The number of carbonyl (C=O) groups excluding carboxylic acids is 2. The molecule has 128 valence electrons. The van der Waals surface area contributed by atoms with Gasteiger partial charge in [0.15, 0.2) is 5.78 Å². The number of furan rings is 1. The Hall–Kier alpha value is -2.41. The molecule has 3 heterocycles. The third-order valence-corrected chi connectivity index (χ3v) is 4.30. The Balaban J connectivity index is 1.48. The second-order valence-corrected chi connectivity index (χ2v) is 6.26.